The maximum absolute atomic E-state index is 11.7. The van der Waals surface area contributed by atoms with E-state index < -0.39 is 0 Å². The second-order valence-corrected chi connectivity index (χ2v) is 3.92. The van der Waals surface area contributed by atoms with Gasteiger partial charge in [0.25, 0.3) is 0 Å². The standard InChI is InChI=1S/C13H10N2O/c1-8-6-7-11(16)13-12(8)14-9-4-2-3-5-10(9)15-13/h2-6H,7H2,1H3. The third kappa shape index (κ3) is 1.25. The molecule has 3 nitrogen and oxygen atoms in total. The summed E-state index contributed by atoms with van der Waals surface area (Å²) in [5, 5.41) is 0. The Labute approximate surface area is 92.8 Å². The molecule has 0 radical (unpaired) electrons. The number of para-hydroxylation sites is 2. The molecule has 1 aliphatic carbocycles. The van der Waals surface area contributed by atoms with Gasteiger partial charge < -0.3 is 0 Å². The van der Waals surface area contributed by atoms with Crippen molar-refractivity contribution < 1.29 is 4.79 Å². The lowest BCUT2D eigenvalue weighted by atomic mass is 9.99. The van der Waals surface area contributed by atoms with Crippen LogP contribution in [0.25, 0.3) is 16.6 Å². The van der Waals surface area contributed by atoms with Crippen LogP contribution in [-0.4, -0.2) is 15.8 Å². The molecule has 0 N–H and O–H groups in total. The van der Waals surface area contributed by atoms with Gasteiger partial charge in [0.2, 0.25) is 0 Å². The molecule has 0 atom stereocenters. The van der Waals surface area contributed by atoms with Crippen molar-refractivity contribution in [3.05, 3.63) is 41.7 Å². The molecule has 0 fully saturated rings. The van der Waals surface area contributed by atoms with Gasteiger partial charge >= 0.3 is 0 Å². The average molecular weight is 210 g/mol. The lowest BCUT2D eigenvalue weighted by molar-refractivity contribution is 0.0989. The summed E-state index contributed by atoms with van der Waals surface area (Å²) in [6.07, 6.45) is 2.35. The first kappa shape index (κ1) is 9.21. The third-order valence-corrected chi connectivity index (χ3v) is 2.80. The first-order chi connectivity index (χ1) is 7.75. The van der Waals surface area contributed by atoms with Crippen LogP contribution >= 0.6 is 0 Å². The molecule has 3 rings (SSSR count). The molecule has 0 aliphatic heterocycles. The van der Waals surface area contributed by atoms with Crippen molar-refractivity contribution in [1.29, 1.82) is 0 Å². The van der Waals surface area contributed by atoms with Crippen molar-refractivity contribution in [3.8, 4) is 0 Å². The predicted octanol–water partition coefficient (Wildman–Crippen LogP) is 2.62. The molecular formula is C13H10N2O. The predicted molar refractivity (Wildman–Crippen MR) is 62.1 cm³/mol. The second-order valence-electron chi connectivity index (χ2n) is 3.92. The first-order valence-corrected chi connectivity index (χ1v) is 5.23. The molecule has 0 saturated heterocycles. The minimum atomic E-state index is 0.0545. The number of hydrogen-bond acceptors (Lipinski definition) is 3. The maximum Gasteiger partial charge on any atom is 0.187 e. The third-order valence-electron chi connectivity index (χ3n) is 2.80. The topological polar surface area (TPSA) is 42.9 Å². The summed E-state index contributed by atoms with van der Waals surface area (Å²) in [4.78, 5) is 20.6. The maximum atomic E-state index is 11.7. The quantitative estimate of drug-likeness (QED) is 0.671. The van der Waals surface area contributed by atoms with Crippen molar-refractivity contribution in [2.45, 2.75) is 13.3 Å². The van der Waals surface area contributed by atoms with Gasteiger partial charge in [0.15, 0.2) is 5.78 Å². The first-order valence-electron chi connectivity index (χ1n) is 5.23. The zero-order chi connectivity index (χ0) is 11.1. The van der Waals surface area contributed by atoms with Crippen LogP contribution < -0.4 is 0 Å². The van der Waals surface area contributed by atoms with E-state index in [1.807, 2.05) is 37.3 Å². The number of fused-ring (bicyclic) bond motifs is 2. The highest BCUT2D eigenvalue weighted by Crippen LogP contribution is 2.24. The number of aromatic nitrogens is 2. The van der Waals surface area contributed by atoms with Crippen molar-refractivity contribution in [2.24, 2.45) is 0 Å². The fourth-order valence-corrected chi connectivity index (χ4v) is 1.91. The molecule has 0 saturated carbocycles. The van der Waals surface area contributed by atoms with Crippen molar-refractivity contribution in [2.75, 3.05) is 0 Å². The molecule has 78 valence electrons. The van der Waals surface area contributed by atoms with Crippen LogP contribution in [0.2, 0.25) is 0 Å². The fourth-order valence-electron chi connectivity index (χ4n) is 1.91. The average Bonchev–Trinajstić information content (AvgIpc) is 2.32. The molecule has 0 unspecified atom stereocenters. The van der Waals surface area contributed by atoms with Crippen LogP contribution in [0.1, 0.15) is 29.5 Å². The molecule has 0 spiro atoms. The zero-order valence-corrected chi connectivity index (χ0v) is 8.90. The number of carbonyl (C=O) groups is 1. The molecule has 1 aromatic heterocycles. The van der Waals surface area contributed by atoms with Crippen molar-refractivity contribution in [1.82, 2.24) is 9.97 Å². The lowest BCUT2D eigenvalue weighted by Gasteiger charge is -2.12. The summed E-state index contributed by atoms with van der Waals surface area (Å²) in [5.41, 5.74) is 3.90. The van der Waals surface area contributed by atoms with Gasteiger partial charge in [-0.05, 0) is 24.6 Å². The van der Waals surface area contributed by atoms with E-state index in [1.54, 1.807) is 0 Å². The van der Waals surface area contributed by atoms with E-state index in [0.717, 1.165) is 22.3 Å². The van der Waals surface area contributed by atoms with Gasteiger partial charge in [-0.1, -0.05) is 18.2 Å². The van der Waals surface area contributed by atoms with Gasteiger partial charge in [0.1, 0.15) is 5.69 Å². The molecule has 2 aromatic rings. The molecule has 0 amide bonds. The van der Waals surface area contributed by atoms with Gasteiger partial charge in [0, 0.05) is 6.42 Å². The minimum absolute atomic E-state index is 0.0545. The summed E-state index contributed by atoms with van der Waals surface area (Å²) < 4.78 is 0. The zero-order valence-electron chi connectivity index (χ0n) is 8.90. The van der Waals surface area contributed by atoms with Crippen LogP contribution in [-0.2, 0) is 0 Å². The normalized spacial score (nSPS) is 14.8. The highest BCUT2D eigenvalue weighted by molar-refractivity contribution is 6.03. The number of ketones is 1. The molecular weight excluding hydrogens is 200 g/mol. The smallest absolute Gasteiger partial charge is 0.187 e. The Bertz CT molecular complexity index is 629. The van der Waals surface area contributed by atoms with Gasteiger partial charge in [-0.2, -0.15) is 0 Å². The van der Waals surface area contributed by atoms with Gasteiger partial charge in [-0.25, -0.2) is 9.97 Å². The SMILES string of the molecule is CC1=CCC(=O)c2nc3ccccc3nc21. The summed E-state index contributed by atoms with van der Waals surface area (Å²) in [6.45, 7) is 1.97. The number of benzene rings is 1. The number of nitrogens with zero attached hydrogens (tertiary/aromatic N) is 2. The largest absolute Gasteiger partial charge is 0.292 e. The fraction of sp³-hybridized carbons (Fsp3) is 0.154. The molecule has 3 heteroatoms. The highest BCUT2D eigenvalue weighted by atomic mass is 16.1. The van der Waals surface area contributed by atoms with E-state index in [-0.39, 0.29) is 5.78 Å². The van der Waals surface area contributed by atoms with Crippen LogP contribution in [0.4, 0.5) is 0 Å². The Morgan fingerprint density at radius 1 is 1.06 bits per heavy atom. The Morgan fingerprint density at radius 3 is 2.38 bits per heavy atom. The minimum Gasteiger partial charge on any atom is -0.292 e. The molecule has 1 aromatic carbocycles. The molecule has 16 heavy (non-hydrogen) atoms. The van der Waals surface area contributed by atoms with Gasteiger partial charge in [0.05, 0.1) is 16.7 Å². The highest BCUT2D eigenvalue weighted by Gasteiger charge is 2.20. The van der Waals surface area contributed by atoms with Crippen molar-refractivity contribution >= 4 is 22.4 Å². The van der Waals surface area contributed by atoms with E-state index in [2.05, 4.69) is 9.97 Å². The van der Waals surface area contributed by atoms with E-state index >= 15 is 0 Å². The number of carbonyl (C=O) groups excluding carboxylic acids is 1. The van der Waals surface area contributed by atoms with E-state index in [0.29, 0.717) is 12.1 Å². The van der Waals surface area contributed by atoms with E-state index in [9.17, 15) is 4.79 Å². The number of allylic oxidation sites excluding steroid dienone is 2. The second kappa shape index (κ2) is 3.23. The van der Waals surface area contributed by atoms with Crippen LogP contribution in [0.3, 0.4) is 0 Å². The number of Topliss-reactive ketones (excluding diaryl/α,β-unsaturated/α-hetero) is 1. The Hall–Kier alpha value is -2.03. The van der Waals surface area contributed by atoms with Gasteiger partial charge in [-0.15, -0.1) is 0 Å². The Morgan fingerprint density at radius 2 is 1.69 bits per heavy atom. The molecule has 1 aliphatic rings. The summed E-state index contributed by atoms with van der Waals surface area (Å²) in [6, 6.07) is 7.62. The van der Waals surface area contributed by atoms with Crippen LogP contribution in [0.15, 0.2) is 30.3 Å². The lowest BCUT2D eigenvalue weighted by Crippen LogP contribution is -2.11. The van der Waals surface area contributed by atoms with E-state index in [4.69, 9.17) is 0 Å². The molecule has 1 heterocycles. The van der Waals surface area contributed by atoms with Crippen LogP contribution in [0, 0.1) is 0 Å². The summed E-state index contributed by atoms with van der Waals surface area (Å²) in [5.74, 6) is 0.0545. The molecule has 0 bridgehead atoms. The summed E-state index contributed by atoms with van der Waals surface area (Å²) >= 11 is 0. The van der Waals surface area contributed by atoms with Crippen LogP contribution in [0.5, 0.6) is 0 Å². The Kier molecular flexibility index (Phi) is 1.86. The Balaban J connectivity index is 2.39. The van der Waals surface area contributed by atoms with Crippen molar-refractivity contribution in [3.63, 3.8) is 0 Å². The van der Waals surface area contributed by atoms with Gasteiger partial charge in [-0.3, -0.25) is 4.79 Å². The number of rotatable bonds is 0. The summed E-state index contributed by atoms with van der Waals surface area (Å²) in [7, 11) is 0. The van der Waals surface area contributed by atoms with E-state index in [1.165, 1.54) is 0 Å². The monoisotopic (exact) mass is 210 g/mol. The number of hydrogen-bond donors (Lipinski definition) is 0.